The summed E-state index contributed by atoms with van der Waals surface area (Å²) in [6.45, 7) is 1.09. The van der Waals surface area contributed by atoms with Crippen LogP contribution < -0.4 is 10.5 Å². The molecule has 4 aliphatic carbocycles. The van der Waals surface area contributed by atoms with Gasteiger partial charge in [-0.2, -0.15) is 0 Å². The summed E-state index contributed by atoms with van der Waals surface area (Å²) in [5.74, 6) is 1.40. The first-order chi connectivity index (χ1) is 15.0. The molecule has 3 atom stereocenters. The van der Waals surface area contributed by atoms with Gasteiger partial charge in [0, 0.05) is 31.4 Å². The molecule has 5 fully saturated rings. The summed E-state index contributed by atoms with van der Waals surface area (Å²) in [5.41, 5.74) is 6.16. The van der Waals surface area contributed by atoms with E-state index in [1.165, 1.54) is 0 Å². The number of aromatic nitrogens is 3. The van der Waals surface area contributed by atoms with E-state index in [9.17, 15) is 9.59 Å². The molecule has 1 aliphatic heterocycles. The van der Waals surface area contributed by atoms with Crippen LogP contribution in [0.2, 0.25) is 0 Å². The van der Waals surface area contributed by atoms with Crippen molar-refractivity contribution < 1.29 is 19.1 Å². The Kier molecular flexibility index (Phi) is 4.16. The second kappa shape index (κ2) is 6.83. The largest absolute Gasteiger partial charge is 0.471 e. The number of nitrogens with zero attached hydrogens (tertiary/aromatic N) is 4. The van der Waals surface area contributed by atoms with Crippen molar-refractivity contribution in [1.82, 2.24) is 19.5 Å². The Balaban J connectivity index is 1.08. The van der Waals surface area contributed by atoms with E-state index in [2.05, 4.69) is 10.1 Å². The van der Waals surface area contributed by atoms with Crippen LogP contribution in [-0.2, 0) is 9.53 Å². The van der Waals surface area contributed by atoms with Gasteiger partial charge in [-0.25, -0.2) is 14.3 Å². The summed E-state index contributed by atoms with van der Waals surface area (Å²) in [6.07, 6.45) is 8.25. The zero-order valence-corrected chi connectivity index (χ0v) is 17.4. The van der Waals surface area contributed by atoms with Crippen molar-refractivity contribution in [3.63, 3.8) is 0 Å². The first kappa shape index (κ1) is 18.9. The number of likely N-dealkylation sites (tertiary alicyclic amines) is 1. The molecule has 7 rings (SSSR count). The Hall–Kier alpha value is -2.84. The first-order valence-corrected chi connectivity index (χ1v) is 11.2. The summed E-state index contributed by atoms with van der Waals surface area (Å²) in [5, 5.41) is 4.39. The third-order valence-corrected chi connectivity index (χ3v) is 7.87. The van der Waals surface area contributed by atoms with Gasteiger partial charge < -0.3 is 20.1 Å². The maximum Gasteiger partial charge on any atom is 0.410 e. The monoisotopic (exact) mass is 425 g/mol. The van der Waals surface area contributed by atoms with Gasteiger partial charge in [0.05, 0.1) is 12.0 Å². The third-order valence-electron chi connectivity index (χ3n) is 7.87. The van der Waals surface area contributed by atoms with E-state index in [1.807, 2.05) is 6.07 Å². The van der Waals surface area contributed by atoms with Crippen LogP contribution in [0, 0.1) is 23.2 Å². The number of nitrogens with two attached hydrogens (primary N) is 1. The number of hydrogen-bond acceptors (Lipinski definition) is 6. The molecule has 164 valence electrons. The maximum atomic E-state index is 12.9. The fourth-order valence-electron chi connectivity index (χ4n) is 6.68. The van der Waals surface area contributed by atoms with Gasteiger partial charge in [-0.1, -0.05) is 0 Å². The second-order valence-electron chi connectivity index (χ2n) is 9.84. The average Bonchev–Trinajstić information content (AvgIpc) is 3.39. The summed E-state index contributed by atoms with van der Waals surface area (Å²) in [6, 6.07) is 3.65. The molecule has 2 aromatic rings. The van der Waals surface area contributed by atoms with Crippen LogP contribution in [-0.4, -0.2) is 56.8 Å². The van der Waals surface area contributed by atoms with E-state index in [0.717, 1.165) is 44.2 Å². The van der Waals surface area contributed by atoms with Crippen LogP contribution in [0.1, 0.15) is 38.5 Å². The van der Waals surface area contributed by atoms with Crippen LogP contribution in [0.5, 0.6) is 5.88 Å². The molecule has 3 heterocycles. The van der Waals surface area contributed by atoms with Gasteiger partial charge in [0.1, 0.15) is 12.2 Å². The summed E-state index contributed by atoms with van der Waals surface area (Å²) in [4.78, 5) is 30.9. The van der Waals surface area contributed by atoms with Gasteiger partial charge in [-0.15, -0.1) is 5.10 Å². The lowest BCUT2D eigenvalue weighted by Gasteiger charge is -2.58. The second-order valence-corrected chi connectivity index (χ2v) is 9.84. The molecule has 2 amide bonds. The van der Waals surface area contributed by atoms with Crippen molar-refractivity contribution >= 4 is 17.6 Å². The third kappa shape index (κ3) is 3.13. The minimum atomic E-state index is -0.366. The first-order valence-electron chi connectivity index (χ1n) is 11.2. The van der Waals surface area contributed by atoms with E-state index in [4.69, 9.17) is 15.2 Å². The molecule has 0 radical (unpaired) electrons. The normalized spacial score (nSPS) is 36.1. The fourth-order valence-corrected chi connectivity index (χ4v) is 6.68. The van der Waals surface area contributed by atoms with Crippen LogP contribution in [0.4, 0.5) is 4.79 Å². The van der Waals surface area contributed by atoms with Crippen molar-refractivity contribution in [3.05, 3.63) is 24.5 Å². The predicted octanol–water partition coefficient (Wildman–Crippen LogP) is 2.00. The highest BCUT2D eigenvalue weighted by Gasteiger charge is 2.59. The molecule has 1 saturated heterocycles. The molecule has 2 N–H and O–H groups in total. The molecule has 9 heteroatoms. The van der Waals surface area contributed by atoms with Gasteiger partial charge in [-0.3, -0.25) is 4.79 Å². The van der Waals surface area contributed by atoms with Crippen molar-refractivity contribution in [3.8, 4) is 5.88 Å². The highest BCUT2D eigenvalue weighted by Crippen LogP contribution is 2.60. The molecule has 0 aromatic carbocycles. The number of hydrogen-bond donors (Lipinski definition) is 1. The zero-order valence-electron chi connectivity index (χ0n) is 17.4. The summed E-state index contributed by atoms with van der Waals surface area (Å²) < 4.78 is 13.7. The van der Waals surface area contributed by atoms with Crippen molar-refractivity contribution in [2.24, 2.45) is 28.9 Å². The predicted molar refractivity (Wildman–Crippen MR) is 109 cm³/mol. The van der Waals surface area contributed by atoms with Crippen LogP contribution in [0.25, 0.3) is 5.65 Å². The Morgan fingerprint density at radius 2 is 1.97 bits per heavy atom. The van der Waals surface area contributed by atoms with Crippen LogP contribution >= 0.6 is 0 Å². The van der Waals surface area contributed by atoms with E-state index in [0.29, 0.717) is 24.9 Å². The molecule has 4 saturated carbocycles. The standard InChI is InChI=1S/C22H27N5O4/c23-20(28)22-9-13-7-14(10-22)19(15(8-13)11-22)31-21(29)26-5-3-16(12-26)30-18-2-1-17-24-4-6-27(17)25-18/h1-2,4,6,13-16,19H,3,5,7-12H2,(H2,23,28)/t13?,14?,15?,16-,19?,22?/m1/s1. The lowest BCUT2D eigenvalue weighted by atomic mass is 9.48. The van der Waals surface area contributed by atoms with Crippen molar-refractivity contribution in [2.45, 2.75) is 50.7 Å². The Bertz CT molecular complexity index is 1020. The Morgan fingerprint density at radius 1 is 1.16 bits per heavy atom. The van der Waals surface area contributed by atoms with Gasteiger partial charge >= 0.3 is 6.09 Å². The van der Waals surface area contributed by atoms with Gasteiger partial charge in [0.2, 0.25) is 11.8 Å². The van der Waals surface area contributed by atoms with E-state index < -0.39 is 0 Å². The molecule has 5 aliphatic rings. The molecular weight excluding hydrogens is 398 g/mol. The number of imidazole rings is 1. The van der Waals surface area contributed by atoms with Gasteiger partial charge in [0.25, 0.3) is 0 Å². The fraction of sp³-hybridized carbons (Fsp3) is 0.636. The molecule has 31 heavy (non-hydrogen) atoms. The van der Waals surface area contributed by atoms with E-state index >= 15 is 0 Å². The zero-order chi connectivity index (χ0) is 21.2. The quantitative estimate of drug-likeness (QED) is 0.802. The minimum absolute atomic E-state index is 0.0955. The lowest BCUT2D eigenvalue weighted by Crippen LogP contribution is -2.59. The van der Waals surface area contributed by atoms with Crippen LogP contribution in [0.15, 0.2) is 24.5 Å². The number of carbonyl (C=O) groups is 2. The van der Waals surface area contributed by atoms with Gasteiger partial charge in [-0.05, 0) is 55.9 Å². The topological polar surface area (TPSA) is 112 Å². The molecule has 0 spiro atoms. The minimum Gasteiger partial charge on any atom is -0.471 e. The number of primary amides is 1. The number of rotatable bonds is 4. The van der Waals surface area contributed by atoms with Gasteiger partial charge in [0.15, 0.2) is 5.65 Å². The molecule has 9 nitrogen and oxygen atoms in total. The summed E-state index contributed by atoms with van der Waals surface area (Å²) >= 11 is 0. The molecule has 4 bridgehead atoms. The molecular formula is C22H27N5O4. The molecule has 2 aromatic heterocycles. The highest BCUT2D eigenvalue weighted by atomic mass is 16.6. The lowest BCUT2D eigenvalue weighted by molar-refractivity contribution is -0.161. The Labute approximate surface area is 179 Å². The van der Waals surface area contributed by atoms with Crippen molar-refractivity contribution in [1.29, 1.82) is 0 Å². The molecule has 2 unspecified atom stereocenters. The number of fused-ring (bicyclic) bond motifs is 1. The maximum absolute atomic E-state index is 12.9. The summed E-state index contributed by atoms with van der Waals surface area (Å²) in [7, 11) is 0. The SMILES string of the molecule is NC(=O)C12CC3CC(C1)C(OC(=O)N1CC[C@@H](Oc4ccc5nccn5n4)C1)C(C3)C2. The Morgan fingerprint density at radius 3 is 2.74 bits per heavy atom. The van der Waals surface area contributed by atoms with Crippen LogP contribution in [0.3, 0.4) is 0 Å². The highest BCUT2D eigenvalue weighted by molar-refractivity contribution is 5.81. The number of ether oxygens (including phenoxy) is 2. The van der Waals surface area contributed by atoms with E-state index in [1.54, 1.807) is 27.9 Å². The van der Waals surface area contributed by atoms with Crippen molar-refractivity contribution in [2.75, 3.05) is 13.1 Å². The number of carbonyl (C=O) groups excluding carboxylic acids is 2. The number of amides is 2. The average molecular weight is 425 g/mol. The smallest absolute Gasteiger partial charge is 0.410 e. The van der Waals surface area contributed by atoms with E-state index in [-0.39, 0.29) is 41.5 Å².